The van der Waals surface area contributed by atoms with Crippen LogP contribution in [0.25, 0.3) is 0 Å². The van der Waals surface area contributed by atoms with Gasteiger partial charge in [0.2, 0.25) is 0 Å². The van der Waals surface area contributed by atoms with E-state index in [4.69, 9.17) is 4.74 Å². The van der Waals surface area contributed by atoms with Crippen LogP contribution in [0.5, 0.6) is 5.75 Å². The smallest absolute Gasteiger partial charge is 0.270 e. The molecule has 120 valence electrons. The van der Waals surface area contributed by atoms with Crippen LogP contribution < -0.4 is 10.1 Å². The molecular weight excluding hydrogens is 296 g/mol. The van der Waals surface area contributed by atoms with Crippen LogP contribution in [0, 0.1) is 16.0 Å². The molecule has 0 aliphatic carbocycles. The molecule has 6 heteroatoms. The molecule has 0 aliphatic rings. The molecule has 0 bridgehead atoms. The number of non-ortho nitro benzene ring substituents is 1. The van der Waals surface area contributed by atoms with E-state index in [0.29, 0.717) is 24.0 Å². The first-order chi connectivity index (χ1) is 11.0. The molecule has 2 aromatic rings. The molecule has 0 radical (unpaired) electrons. The number of hydrogen-bond acceptors (Lipinski definition) is 4. The van der Waals surface area contributed by atoms with Gasteiger partial charge in [0, 0.05) is 17.7 Å². The Morgan fingerprint density at radius 1 is 1.22 bits per heavy atom. The molecule has 0 aromatic heterocycles. The molecule has 1 amide bonds. The van der Waals surface area contributed by atoms with Crippen molar-refractivity contribution in [2.45, 2.75) is 13.8 Å². The zero-order valence-corrected chi connectivity index (χ0v) is 13.0. The zero-order valence-electron chi connectivity index (χ0n) is 13.0. The Hall–Kier alpha value is -2.89. The third-order valence-electron chi connectivity index (χ3n) is 3.03. The third kappa shape index (κ3) is 4.54. The molecule has 0 unspecified atom stereocenters. The standard InChI is InChI=1S/C17H18N2O4/c1-12(2)11-23-16-9-4-3-8-15(16)18-17(20)13-6-5-7-14(10-13)19(21)22/h3-10,12H,11H2,1-2H3,(H,18,20). The Balaban J connectivity index is 2.17. The van der Waals surface area contributed by atoms with Crippen molar-refractivity contribution >= 4 is 17.3 Å². The molecule has 2 aromatic carbocycles. The molecule has 23 heavy (non-hydrogen) atoms. The summed E-state index contributed by atoms with van der Waals surface area (Å²) >= 11 is 0. The number of para-hydroxylation sites is 2. The molecule has 2 rings (SSSR count). The lowest BCUT2D eigenvalue weighted by atomic mass is 10.2. The van der Waals surface area contributed by atoms with E-state index < -0.39 is 10.8 Å². The molecule has 1 N–H and O–H groups in total. The Morgan fingerprint density at radius 3 is 2.65 bits per heavy atom. The zero-order chi connectivity index (χ0) is 16.8. The van der Waals surface area contributed by atoms with Crippen LogP contribution in [0.1, 0.15) is 24.2 Å². The van der Waals surface area contributed by atoms with Crippen LogP contribution >= 0.6 is 0 Å². The van der Waals surface area contributed by atoms with E-state index >= 15 is 0 Å². The van der Waals surface area contributed by atoms with Gasteiger partial charge in [-0.3, -0.25) is 14.9 Å². The normalized spacial score (nSPS) is 10.4. The molecule has 0 saturated heterocycles. The Kier molecular flexibility index (Phi) is 5.30. The van der Waals surface area contributed by atoms with Gasteiger partial charge >= 0.3 is 0 Å². The number of nitro groups is 1. The number of ether oxygens (including phenoxy) is 1. The Bertz CT molecular complexity index is 713. The molecule has 0 aliphatic heterocycles. The van der Waals surface area contributed by atoms with Crippen molar-refractivity contribution in [3.63, 3.8) is 0 Å². The van der Waals surface area contributed by atoms with Crippen molar-refractivity contribution in [2.75, 3.05) is 11.9 Å². The monoisotopic (exact) mass is 314 g/mol. The summed E-state index contributed by atoms with van der Waals surface area (Å²) in [6.07, 6.45) is 0. The number of hydrogen-bond donors (Lipinski definition) is 1. The van der Waals surface area contributed by atoms with Gasteiger partial charge in [0.1, 0.15) is 5.75 Å². The lowest BCUT2D eigenvalue weighted by Crippen LogP contribution is -2.14. The third-order valence-corrected chi connectivity index (χ3v) is 3.03. The van der Waals surface area contributed by atoms with Crippen molar-refractivity contribution < 1.29 is 14.5 Å². The van der Waals surface area contributed by atoms with Crippen LogP contribution in [0.15, 0.2) is 48.5 Å². The van der Waals surface area contributed by atoms with Gasteiger partial charge in [-0.2, -0.15) is 0 Å². The minimum absolute atomic E-state index is 0.123. The van der Waals surface area contributed by atoms with E-state index in [1.165, 1.54) is 24.3 Å². The summed E-state index contributed by atoms with van der Waals surface area (Å²) in [6, 6.07) is 12.7. The first-order valence-electron chi connectivity index (χ1n) is 7.25. The van der Waals surface area contributed by atoms with Gasteiger partial charge in [0.15, 0.2) is 0 Å². The van der Waals surface area contributed by atoms with E-state index in [9.17, 15) is 14.9 Å². The van der Waals surface area contributed by atoms with Gasteiger partial charge in [-0.25, -0.2) is 0 Å². The minimum Gasteiger partial charge on any atom is -0.491 e. The number of nitrogens with zero attached hydrogens (tertiary/aromatic N) is 1. The van der Waals surface area contributed by atoms with E-state index in [1.807, 2.05) is 19.9 Å². The summed E-state index contributed by atoms with van der Waals surface area (Å²) in [5.74, 6) is 0.504. The van der Waals surface area contributed by atoms with Crippen LogP contribution in [0.4, 0.5) is 11.4 Å². The SMILES string of the molecule is CC(C)COc1ccccc1NC(=O)c1cccc([N+](=O)[O-])c1. The fourth-order valence-electron chi connectivity index (χ4n) is 1.91. The van der Waals surface area contributed by atoms with Gasteiger partial charge in [-0.05, 0) is 24.1 Å². The predicted molar refractivity (Wildman–Crippen MR) is 87.8 cm³/mol. The Morgan fingerprint density at radius 2 is 1.96 bits per heavy atom. The van der Waals surface area contributed by atoms with Crippen molar-refractivity contribution in [1.82, 2.24) is 0 Å². The van der Waals surface area contributed by atoms with E-state index in [2.05, 4.69) is 5.32 Å². The number of nitrogens with one attached hydrogen (secondary N) is 1. The lowest BCUT2D eigenvalue weighted by molar-refractivity contribution is -0.384. The minimum atomic E-state index is -0.531. The summed E-state index contributed by atoms with van der Waals surface area (Å²) in [6.45, 7) is 4.60. The second-order valence-electron chi connectivity index (χ2n) is 5.46. The lowest BCUT2D eigenvalue weighted by Gasteiger charge is -2.13. The number of carbonyl (C=O) groups excluding carboxylic acids is 1. The Labute approximate surface area is 134 Å². The summed E-state index contributed by atoms with van der Waals surface area (Å²) in [4.78, 5) is 22.5. The van der Waals surface area contributed by atoms with Gasteiger partial charge < -0.3 is 10.1 Å². The van der Waals surface area contributed by atoms with Gasteiger partial charge in [0.25, 0.3) is 11.6 Å². The molecule has 0 atom stereocenters. The topological polar surface area (TPSA) is 81.5 Å². The maximum Gasteiger partial charge on any atom is 0.270 e. The van der Waals surface area contributed by atoms with Crippen LogP contribution in [0.3, 0.4) is 0 Å². The first kappa shape index (κ1) is 16.5. The summed E-state index contributed by atoms with van der Waals surface area (Å²) < 4.78 is 5.67. The van der Waals surface area contributed by atoms with Crippen molar-refractivity contribution in [1.29, 1.82) is 0 Å². The molecular formula is C17H18N2O4. The van der Waals surface area contributed by atoms with Gasteiger partial charge in [-0.1, -0.05) is 32.0 Å². The van der Waals surface area contributed by atoms with E-state index in [1.54, 1.807) is 18.2 Å². The highest BCUT2D eigenvalue weighted by molar-refractivity contribution is 6.05. The van der Waals surface area contributed by atoms with E-state index in [-0.39, 0.29) is 11.3 Å². The molecule has 0 heterocycles. The highest BCUT2D eigenvalue weighted by Crippen LogP contribution is 2.25. The maximum absolute atomic E-state index is 12.3. The van der Waals surface area contributed by atoms with Crippen molar-refractivity contribution in [3.8, 4) is 5.75 Å². The largest absolute Gasteiger partial charge is 0.491 e. The van der Waals surface area contributed by atoms with E-state index in [0.717, 1.165) is 0 Å². The average Bonchev–Trinajstić information content (AvgIpc) is 2.54. The molecule has 0 saturated carbocycles. The highest BCUT2D eigenvalue weighted by atomic mass is 16.6. The first-order valence-corrected chi connectivity index (χ1v) is 7.25. The number of carbonyl (C=O) groups is 1. The predicted octanol–water partition coefficient (Wildman–Crippen LogP) is 3.88. The number of anilines is 1. The van der Waals surface area contributed by atoms with Gasteiger partial charge in [0.05, 0.1) is 17.2 Å². The van der Waals surface area contributed by atoms with Crippen LogP contribution in [0.2, 0.25) is 0 Å². The fraction of sp³-hybridized carbons (Fsp3) is 0.235. The summed E-state index contributed by atoms with van der Waals surface area (Å²) in [5.41, 5.74) is 0.629. The second kappa shape index (κ2) is 7.40. The van der Waals surface area contributed by atoms with Crippen molar-refractivity contribution in [3.05, 3.63) is 64.2 Å². The fourth-order valence-corrected chi connectivity index (χ4v) is 1.91. The average molecular weight is 314 g/mol. The summed E-state index contributed by atoms with van der Waals surface area (Å²) in [5, 5.41) is 13.5. The molecule has 0 spiro atoms. The maximum atomic E-state index is 12.3. The van der Waals surface area contributed by atoms with Crippen LogP contribution in [-0.2, 0) is 0 Å². The summed E-state index contributed by atoms with van der Waals surface area (Å²) in [7, 11) is 0. The number of benzene rings is 2. The number of rotatable bonds is 6. The second-order valence-corrected chi connectivity index (χ2v) is 5.46. The van der Waals surface area contributed by atoms with Crippen LogP contribution in [-0.4, -0.2) is 17.4 Å². The van der Waals surface area contributed by atoms with Gasteiger partial charge in [-0.15, -0.1) is 0 Å². The van der Waals surface area contributed by atoms with Crippen molar-refractivity contribution in [2.24, 2.45) is 5.92 Å². The number of amides is 1. The quantitative estimate of drug-likeness (QED) is 0.648. The highest BCUT2D eigenvalue weighted by Gasteiger charge is 2.13. The number of nitro benzene ring substituents is 1. The molecule has 0 fully saturated rings. The molecule has 6 nitrogen and oxygen atoms in total.